The molecule has 0 aromatic heterocycles. The maximum absolute atomic E-state index is 5.76. The van der Waals surface area contributed by atoms with Gasteiger partial charge in [-0.05, 0) is 53.7 Å². The van der Waals surface area contributed by atoms with Crippen LogP contribution in [-0.4, -0.2) is 12.3 Å². The van der Waals surface area contributed by atoms with Crippen molar-refractivity contribution in [2.45, 2.75) is 64.2 Å². The molecule has 0 amide bonds. The van der Waals surface area contributed by atoms with Gasteiger partial charge in [0.25, 0.3) is 0 Å². The minimum absolute atomic E-state index is 0.247. The molecule has 0 fully saturated rings. The van der Waals surface area contributed by atoms with Crippen molar-refractivity contribution in [2.24, 2.45) is 11.1 Å². The molecule has 0 aliphatic carbocycles. The Morgan fingerprint density at radius 2 is 1.55 bits per heavy atom. The molecule has 20 heavy (non-hydrogen) atoms. The first kappa shape index (κ1) is 17.6. The molecule has 0 aliphatic heterocycles. The maximum atomic E-state index is 5.76. The number of unbranched alkanes of at least 4 members (excludes halogenated alkanes) is 1. The summed E-state index contributed by atoms with van der Waals surface area (Å²) in [5.41, 5.74) is 7.72. The van der Waals surface area contributed by atoms with Crippen LogP contribution in [0.5, 0.6) is 0 Å². The molecule has 0 aliphatic rings. The van der Waals surface area contributed by atoms with Gasteiger partial charge in [-0.25, -0.2) is 0 Å². The number of hydrogen-bond acceptors (Lipinski definition) is 2. The van der Waals surface area contributed by atoms with Crippen LogP contribution in [-0.2, 0) is 5.41 Å². The second kappa shape index (κ2) is 7.51. The molecule has 1 rings (SSSR count). The van der Waals surface area contributed by atoms with Gasteiger partial charge in [-0.1, -0.05) is 53.2 Å². The molecule has 0 radical (unpaired) electrons. The Bertz CT molecular complexity index is 387. The molecule has 0 atom stereocenters. The molecule has 114 valence electrons. The van der Waals surface area contributed by atoms with Crippen molar-refractivity contribution in [2.75, 3.05) is 12.3 Å². The number of hydrogen-bond donors (Lipinski definition) is 1. The quantitative estimate of drug-likeness (QED) is 0.550. The maximum Gasteiger partial charge on any atom is 0.00721 e. The first-order valence-corrected chi connectivity index (χ1v) is 8.67. The third kappa shape index (κ3) is 6.32. The van der Waals surface area contributed by atoms with E-state index in [1.807, 2.05) is 11.8 Å². The summed E-state index contributed by atoms with van der Waals surface area (Å²) >= 11 is 1.97. The highest BCUT2D eigenvalue weighted by Crippen LogP contribution is 2.27. The van der Waals surface area contributed by atoms with Crippen LogP contribution < -0.4 is 5.73 Å². The molecule has 0 bridgehead atoms. The monoisotopic (exact) mass is 293 g/mol. The van der Waals surface area contributed by atoms with E-state index in [-0.39, 0.29) is 5.41 Å². The van der Waals surface area contributed by atoms with Gasteiger partial charge in [0.05, 0.1) is 0 Å². The number of benzene rings is 1. The summed E-state index contributed by atoms with van der Waals surface area (Å²) in [6, 6.07) is 9.05. The van der Waals surface area contributed by atoms with Gasteiger partial charge >= 0.3 is 0 Å². The third-order valence-electron chi connectivity index (χ3n) is 3.79. The predicted molar refractivity (Wildman–Crippen MR) is 92.6 cm³/mol. The molecule has 0 saturated heterocycles. The third-order valence-corrected chi connectivity index (χ3v) is 4.89. The Morgan fingerprint density at radius 3 is 2.05 bits per heavy atom. The molecule has 2 N–H and O–H groups in total. The van der Waals surface area contributed by atoms with Gasteiger partial charge in [0.15, 0.2) is 0 Å². The van der Waals surface area contributed by atoms with Crippen molar-refractivity contribution in [1.29, 1.82) is 0 Å². The van der Waals surface area contributed by atoms with Crippen LogP contribution >= 0.6 is 11.8 Å². The zero-order valence-corrected chi connectivity index (χ0v) is 14.6. The Hall–Kier alpha value is -0.470. The summed E-state index contributed by atoms with van der Waals surface area (Å²) in [4.78, 5) is 1.39. The molecule has 2 heteroatoms. The first-order chi connectivity index (χ1) is 9.24. The average molecular weight is 294 g/mol. The fourth-order valence-electron chi connectivity index (χ4n) is 2.05. The highest BCUT2D eigenvalue weighted by atomic mass is 32.2. The molecular formula is C18H31NS. The zero-order chi connectivity index (χ0) is 15.2. The Kier molecular flexibility index (Phi) is 6.60. The number of nitrogens with two attached hydrogens (primary N) is 1. The summed E-state index contributed by atoms with van der Waals surface area (Å²) in [7, 11) is 0. The lowest BCUT2D eigenvalue weighted by Gasteiger charge is -2.21. The van der Waals surface area contributed by atoms with E-state index in [9.17, 15) is 0 Å². The van der Waals surface area contributed by atoms with Crippen molar-refractivity contribution in [3.05, 3.63) is 29.8 Å². The average Bonchev–Trinajstić information content (AvgIpc) is 2.38. The van der Waals surface area contributed by atoms with Gasteiger partial charge in [0, 0.05) is 4.90 Å². The minimum atomic E-state index is 0.247. The van der Waals surface area contributed by atoms with Gasteiger partial charge in [-0.2, -0.15) is 0 Å². The number of rotatable bonds is 7. The van der Waals surface area contributed by atoms with E-state index in [0.717, 1.165) is 6.54 Å². The minimum Gasteiger partial charge on any atom is -0.330 e. The molecular weight excluding hydrogens is 262 g/mol. The lowest BCUT2D eigenvalue weighted by molar-refractivity contribution is 0.336. The zero-order valence-electron chi connectivity index (χ0n) is 13.8. The van der Waals surface area contributed by atoms with Crippen LogP contribution in [0.25, 0.3) is 0 Å². The molecule has 1 nitrogen and oxygen atoms in total. The van der Waals surface area contributed by atoms with Crippen LogP contribution in [0.1, 0.15) is 59.4 Å². The van der Waals surface area contributed by atoms with Crippen molar-refractivity contribution < 1.29 is 0 Å². The van der Waals surface area contributed by atoms with E-state index in [1.165, 1.54) is 35.5 Å². The molecule has 1 aromatic rings. The van der Waals surface area contributed by atoms with Crippen molar-refractivity contribution in [3.8, 4) is 0 Å². The second-order valence-corrected chi connectivity index (χ2v) is 8.62. The normalized spacial score (nSPS) is 12.7. The van der Waals surface area contributed by atoms with E-state index in [4.69, 9.17) is 5.73 Å². The summed E-state index contributed by atoms with van der Waals surface area (Å²) in [6.07, 6.45) is 3.78. The van der Waals surface area contributed by atoms with Crippen molar-refractivity contribution in [1.82, 2.24) is 0 Å². The fraction of sp³-hybridized carbons (Fsp3) is 0.667. The molecule has 0 saturated carbocycles. The Morgan fingerprint density at radius 1 is 0.950 bits per heavy atom. The SMILES string of the molecule is CC(C)(CN)CCCCSc1ccc(C(C)(C)C)cc1. The molecule has 0 heterocycles. The number of thioether (sulfide) groups is 1. The van der Waals surface area contributed by atoms with E-state index >= 15 is 0 Å². The van der Waals surface area contributed by atoms with Gasteiger partial charge in [-0.3, -0.25) is 0 Å². The smallest absolute Gasteiger partial charge is 0.00721 e. The highest BCUT2D eigenvalue weighted by molar-refractivity contribution is 7.99. The predicted octanol–water partition coefficient (Wildman–Crippen LogP) is 5.23. The van der Waals surface area contributed by atoms with Crippen molar-refractivity contribution in [3.63, 3.8) is 0 Å². The highest BCUT2D eigenvalue weighted by Gasteiger charge is 2.14. The van der Waals surface area contributed by atoms with Gasteiger partial charge in [-0.15, -0.1) is 11.8 Å². The Labute approximate surface area is 129 Å². The summed E-state index contributed by atoms with van der Waals surface area (Å²) in [5.74, 6) is 1.20. The van der Waals surface area contributed by atoms with E-state index in [2.05, 4.69) is 58.9 Å². The van der Waals surface area contributed by atoms with Crippen LogP contribution in [0, 0.1) is 5.41 Å². The lowest BCUT2D eigenvalue weighted by atomic mass is 9.87. The van der Waals surface area contributed by atoms with Gasteiger partial charge in [0.2, 0.25) is 0 Å². The van der Waals surface area contributed by atoms with Gasteiger partial charge < -0.3 is 5.73 Å². The van der Waals surface area contributed by atoms with Crippen molar-refractivity contribution >= 4 is 11.8 Å². The van der Waals surface area contributed by atoms with Gasteiger partial charge in [0.1, 0.15) is 0 Å². The molecule has 0 spiro atoms. The van der Waals surface area contributed by atoms with E-state index in [1.54, 1.807) is 0 Å². The molecule has 0 unspecified atom stereocenters. The summed E-state index contributed by atoms with van der Waals surface area (Å²) < 4.78 is 0. The van der Waals surface area contributed by atoms with Crippen LogP contribution in [0.15, 0.2) is 29.2 Å². The largest absolute Gasteiger partial charge is 0.330 e. The van der Waals surface area contributed by atoms with E-state index in [0.29, 0.717) is 5.41 Å². The second-order valence-electron chi connectivity index (χ2n) is 7.45. The topological polar surface area (TPSA) is 26.0 Å². The first-order valence-electron chi connectivity index (χ1n) is 7.68. The Balaban J connectivity index is 2.29. The van der Waals surface area contributed by atoms with Crippen LogP contribution in [0.4, 0.5) is 0 Å². The van der Waals surface area contributed by atoms with E-state index < -0.39 is 0 Å². The molecule has 1 aromatic carbocycles. The van der Waals surface area contributed by atoms with Crippen LogP contribution in [0.2, 0.25) is 0 Å². The van der Waals surface area contributed by atoms with Crippen LogP contribution in [0.3, 0.4) is 0 Å². The lowest BCUT2D eigenvalue weighted by Crippen LogP contribution is -2.23. The standard InChI is InChI=1S/C18H31NS/c1-17(2,3)15-8-10-16(11-9-15)20-13-7-6-12-18(4,5)14-19/h8-11H,6-7,12-14,19H2,1-5H3. The summed E-state index contributed by atoms with van der Waals surface area (Å²) in [6.45, 7) is 12.1. The summed E-state index contributed by atoms with van der Waals surface area (Å²) in [5, 5.41) is 0. The fourth-order valence-corrected chi connectivity index (χ4v) is 2.96.